The summed E-state index contributed by atoms with van der Waals surface area (Å²) in [5.74, 6) is 0. The molecule has 0 saturated carbocycles. The van der Waals surface area contributed by atoms with E-state index in [1.54, 1.807) is 0 Å². The van der Waals surface area contributed by atoms with Gasteiger partial charge >= 0.3 is 0 Å². The van der Waals surface area contributed by atoms with Crippen molar-refractivity contribution in [2.75, 3.05) is 4.90 Å². The quantitative estimate of drug-likeness (QED) is 0.161. The molecular weight excluding hydrogens is 743 g/mol. The highest BCUT2D eigenvalue weighted by atomic mass is 16.3. The predicted octanol–water partition coefficient (Wildman–Crippen LogP) is 16.8. The number of rotatable bonds is 7. The third-order valence-corrected chi connectivity index (χ3v) is 12.1. The van der Waals surface area contributed by atoms with Gasteiger partial charge in [-0.25, -0.2) is 0 Å². The summed E-state index contributed by atoms with van der Waals surface area (Å²) >= 11 is 0. The first-order valence-corrected chi connectivity index (χ1v) is 20.7. The van der Waals surface area contributed by atoms with Gasteiger partial charge in [-0.15, -0.1) is 0 Å². The third-order valence-electron chi connectivity index (χ3n) is 12.1. The molecule has 0 fully saturated rings. The second kappa shape index (κ2) is 14.3. The van der Waals surface area contributed by atoms with Crippen LogP contribution >= 0.6 is 0 Å². The molecule has 0 aliphatic rings. The molecule has 0 unspecified atom stereocenters. The first-order valence-electron chi connectivity index (χ1n) is 20.7. The van der Waals surface area contributed by atoms with Crippen LogP contribution in [0.4, 0.5) is 17.1 Å². The summed E-state index contributed by atoms with van der Waals surface area (Å²) in [4.78, 5) is 2.38. The van der Waals surface area contributed by atoms with Crippen molar-refractivity contribution in [1.82, 2.24) is 0 Å². The first kappa shape index (κ1) is 34.9. The lowest BCUT2D eigenvalue weighted by Crippen LogP contribution is -2.11. The average Bonchev–Trinajstić information content (AvgIpc) is 3.92. The fraction of sp³-hybridized carbons (Fsp3) is 0. The number of nitrogens with zero attached hydrogens (tertiary/aromatic N) is 1. The molecule has 10 aromatic carbocycles. The van der Waals surface area contributed by atoms with E-state index in [9.17, 15) is 0 Å². The van der Waals surface area contributed by atoms with E-state index in [0.29, 0.717) is 0 Å². The minimum atomic E-state index is 0.844. The molecule has 0 saturated heterocycles. The van der Waals surface area contributed by atoms with Gasteiger partial charge < -0.3 is 13.7 Å². The van der Waals surface area contributed by atoms with E-state index < -0.39 is 0 Å². The Hall–Kier alpha value is -8.14. The molecule has 0 bridgehead atoms. The Bertz CT molecular complexity index is 3580. The normalized spacial score (nSPS) is 11.6. The Morgan fingerprint density at radius 2 is 0.902 bits per heavy atom. The fourth-order valence-electron chi connectivity index (χ4n) is 9.24. The van der Waals surface area contributed by atoms with Gasteiger partial charge in [0, 0.05) is 38.4 Å². The maximum atomic E-state index is 6.92. The lowest BCUT2D eigenvalue weighted by atomic mass is 9.91. The summed E-state index contributed by atoms with van der Waals surface area (Å²) in [5.41, 5.74) is 15.8. The van der Waals surface area contributed by atoms with Crippen LogP contribution in [0.2, 0.25) is 0 Å². The van der Waals surface area contributed by atoms with Crippen LogP contribution in [0.15, 0.2) is 233 Å². The van der Waals surface area contributed by atoms with Crippen LogP contribution < -0.4 is 4.90 Å². The van der Waals surface area contributed by atoms with Crippen molar-refractivity contribution in [2.45, 2.75) is 0 Å². The topological polar surface area (TPSA) is 29.5 Å². The maximum absolute atomic E-state index is 6.92. The van der Waals surface area contributed by atoms with Gasteiger partial charge in [0.15, 0.2) is 0 Å². The number of furan rings is 2. The lowest BCUT2D eigenvalue weighted by Gasteiger charge is -2.28. The standard InChI is InChI=1S/C58H37NO2/c1-3-15-39(16-4-1)44-35-32-42(37-51(44)40-17-5-2-6-18-40)38-29-33-43(34-30-38)59(53-26-14-28-55-56(53)50-22-10-12-27-54(50)60-55)52-25-11-9-21-46(52)47-23-13-24-48-49-36-31-41-19-7-8-20-45(41)57(49)61-58(47)48/h1-37H. The Labute approximate surface area is 353 Å². The number of benzene rings is 10. The van der Waals surface area contributed by atoms with Crippen LogP contribution in [-0.4, -0.2) is 0 Å². The zero-order chi connectivity index (χ0) is 40.3. The highest BCUT2D eigenvalue weighted by molar-refractivity contribution is 6.18. The van der Waals surface area contributed by atoms with Crippen molar-refractivity contribution in [2.24, 2.45) is 0 Å². The molecule has 2 heterocycles. The predicted molar refractivity (Wildman–Crippen MR) is 255 cm³/mol. The van der Waals surface area contributed by atoms with Crippen molar-refractivity contribution in [3.8, 4) is 44.5 Å². The van der Waals surface area contributed by atoms with Gasteiger partial charge in [-0.05, 0) is 87.3 Å². The molecule has 3 heteroatoms. The Kier molecular flexibility index (Phi) is 8.17. The van der Waals surface area contributed by atoms with Crippen LogP contribution in [0.25, 0.3) is 99.2 Å². The molecule has 0 N–H and O–H groups in total. The lowest BCUT2D eigenvalue weighted by molar-refractivity contribution is 0.669. The van der Waals surface area contributed by atoms with Crippen LogP contribution in [0.3, 0.4) is 0 Å². The van der Waals surface area contributed by atoms with Gasteiger partial charge in [-0.2, -0.15) is 0 Å². The van der Waals surface area contributed by atoms with Crippen molar-refractivity contribution in [3.05, 3.63) is 224 Å². The fourth-order valence-corrected chi connectivity index (χ4v) is 9.24. The van der Waals surface area contributed by atoms with E-state index in [0.717, 1.165) is 94.0 Å². The second-order valence-electron chi connectivity index (χ2n) is 15.6. The highest BCUT2D eigenvalue weighted by Gasteiger charge is 2.24. The number of para-hydroxylation sites is 3. The van der Waals surface area contributed by atoms with Crippen molar-refractivity contribution < 1.29 is 8.83 Å². The van der Waals surface area contributed by atoms with Gasteiger partial charge in [0.1, 0.15) is 22.3 Å². The number of anilines is 3. The summed E-state index contributed by atoms with van der Waals surface area (Å²) in [6.07, 6.45) is 0. The van der Waals surface area contributed by atoms with E-state index in [4.69, 9.17) is 8.83 Å². The monoisotopic (exact) mass is 779 g/mol. The molecule has 0 aliphatic carbocycles. The van der Waals surface area contributed by atoms with Gasteiger partial charge in [0.05, 0.1) is 16.8 Å². The van der Waals surface area contributed by atoms with Crippen molar-refractivity contribution in [1.29, 1.82) is 0 Å². The largest absolute Gasteiger partial charge is 0.456 e. The van der Waals surface area contributed by atoms with Crippen molar-refractivity contribution >= 4 is 71.7 Å². The highest BCUT2D eigenvalue weighted by Crippen LogP contribution is 2.48. The minimum absolute atomic E-state index is 0.844. The zero-order valence-corrected chi connectivity index (χ0v) is 33.1. The molecule has 61 heavy (non-hydrogen) atoms. The zero-order valence-electron chi connectivity index (χ0n) is 33.1. The number of hydrogen-bond acceptors (Lipinski definition) is 3. The molecule has 12 rings (SSSR count). The molecular formula is C58H37NO2. The summed E-state index contributed by atoms with van der Waals surface area (Å²) in [7, 11) is 0. The summed E-state index contributed by atoms with van der Waals surface area (Å²) in [6, 6.07) is 79.8. The Balaban J connectivity index is 1.05. The summed E-state index contributed by atoms with van der Waals surface area (Å²) in [5, 5.41) is 6.62. The summed E-state index contributed by atoms with van der Waals surface area (Å²) < 4.78 is 13.4. The molecule has 12 aromatic rings. The van der Waals surface area contributed by atoms with Gasteiger partial charge in [0.25, 0.3) is 0 Å². The Morgan fingerprint density at radius 1 is 0.295 bits per heavy atom. The van der Waals surface area contributed by atoms with Crippen LogP contribution in [0.1, 0.15) is 0 Å². The van der Waals surface area contributed by atoms with E-state index in [1.165, 1.54) is 22.3 Å². The van der Waals surface area contributed by atoms with Crippen LogP contribution in [0.5, 0.6) is 0 Å². The molecule has 0 amide bonds. The third kappa shape index (κ3) is 5.82. The number of hydrogen-bond donors (Lipinski definition) is 0. The van der Waals surface area contributed by atoms with E-state index in [2.05, 4.69) is 217 Å². The molecule has 0 atom stereocenters. The van der Waals surface area contributed by atoms with E-state index >= 15 is 0 Å². The van der Waals surface area contributed by atoms with Crippen LogP contribution in [-0.2, 0) is 0 Å². The molecule has 0 aliphatic heterocycles. The molecule has 0 spiro atoms. The molecule has 0 radical (unpaired) electrons. The second-order valence-corrected chi connectivity index (χ2v) is 15.6. The minimum Gasteiger partial charge on any atom is -0.456 e. The van der Waals surface area contributed by atoms with Crippen molar-refractivity contribution in [3.63, 3.8) is 0 Å². The maximum Gasteiger partial charge on any atom is 0.143 e. The van der Waals surface area contributed by atoms with Crippen LogP contribution in [0, 0.1) is 0 Å². The van der Waals surface area contributed by atoms with Gasteiger partial charge in [-0.1, -0.05) is 176 Å². The number of fused-ring (bicyclic) bond motifs is 8. The van der Waals surface area contributed by atoms with Gasteiger partial charge in [0.2, 0.25) is 0 Å². The summed E-state index contributed by atoms with van der Waals surface area (Å²) in [6.45, 7) is 0. The van der Waals surface area contributed by atoms with E-state index in [1.807, 2.05) is 12.1 Å². The molecule has 286 valence electrons. The Morgan fingerprint density at radius 3 is 1.74 bits per heavy atom. The average molecular weight is 780 g/mol. The smallest absolute Gasteiger partial charge is 0.143 e. The SMILES string of the molecule is c1ccc(-c2ccc(-c3ccc(N(c4ccccc4-c4cccc5c4oc4c6ccccc6ccc54)c4cccc5oc6ccccc6c45)cc3)cc2-c2ccccc2)cc1. The van der Waals surface area contributed by atoms with E-state index in [-0.39, 0.29) is 0 Å². The van der Waals surface area contributed by atoms with Gasteiger partial charge in [-0.3, -0.25) is 0 Å². The molecule has 3 nitrogen and oxygen atoms in total. The first-order chi connectivity index (χ1) is 30.3. The molecule has 2 aromatic heterocycles.